The van der Waals surface area contributed by atoms with Crippen LogP contribution < -0.4 is 11.1 Å². The van der Waals surface area contributed by atoms with E-state index in [0.29, 0.717) is 23.6 Å². The maximum atomic E-state index is 10.5. The van der Waals surface area contributed by atoms with Crippen LogP contribution in [0.1, 0.15) is 18.4 Å². The van der Waals surface area contributed by atoms with E-state index in [1.807, 2.05) is 12.1 Å². The van der Waals surface area contributed by atoms with Gasteiger partial charge >= 0.3 is 0 Å². The number of halogens is 1. The van der Waals surface area contributed by atoms with Crippen LogP contribution in [0.15, 0.2) is 18.2 Å². The molecule has 0 saturated carbocycles. The number of nitrogen functional groups attached to an aromatic ring is 1. The third-order valence-electron chi connectivity index (χ3n) is 2.98. The Morgan fingerprint density at radius 1 is 1.33 bits per heavy atom. The molecule has 0 atom stereocenters. The average molecular weight is 227 g/mol. The van der Waals surface area contributed by atoms with Gasteiger partial charge in [0, 0.05) is 5.56 Å². The number of nitrogens with two attached hydrogens (primary N) is 1. The van der Waals surface area contributed by atoms with E-state index >= 15 is 0 Å². The summed E-state index contributed by atoms with van der Waals surface area (Å²) in [6.45, 7) is 1.62. The summed E-state index contributed by atoms with van der Waals surface area (Å²) < 4.78 is 0. The summed E-state index contributed by atoms with van der Waals surface area (Å²) in [7, 11) is 0. The Hall–Kier alpha value is -0.770. The average Bonchev–Trinajstić information content (AvgIpc) is 2.23. The fourth-order valence-corrected chi connectivity index (χ4v) is 2.23. The van der Waals surface area contributed by atoms with Crippen LogP contribution in [0.4, 0.5) is 5.69 Å². The summed E-state index contributed by atoms with van der Waals surface area (Å²) in [6.07, 6.45) is 1.36. The molecule has 1 fully saturated rings. The molecule has 1 saturated heterocycles. The summed E-state index contributed by atoms with van der Waals surface area (Å²) in [5, 5.41) is 14.2. The lowest BCUT2D eigenvalue weighted by atomic mass is 9.84. The van der Waals surface area contributed by atoms with Crippen molar-refractivity contribution in [3.63, 3.8) is 0 Å². The van der Waals surface area contributed by atoms with E-state index in [1.54, 1.807) is 6.07 Å². The van der Waals surface area contributed by atoms with Crippen LogP contribution in [0.25, 0.3) is 0 Å². The molecule has 15 heavy (non-hydrogen) atoms. The predicted octanol–water partition coefficient (Wildman–Crippen LogP) is 1.49. The molecule has 3 nitrogen and oxygen atoms in total. The molecule has 1 aromatic carbocycles. The number of rotatable bonds is 1. The van der Waals surface area contributed by atoms with Gasteiger partial charge in [-0.3, -0.25) is 0 Å². The van der Waals surface area contributed by atoms with Crippen LogP contribution in [-0.4, -0.2) is 18.2 Å². The molecular formula is C11H15ClN2O. The van der Waals surface area contributed by atoms with Crippen molar-refractivity contribution in [3.8, 4) is 0 Å². The van der Waals surface area contributed by atoms with Gasteiger partial charge in [-0.15, -0.1) is 0 Å². The van der Waals surface area contributed by atoms with Gasteiger partial charge in [-0.05, 0) is 32.0 Å². The zero-order chi connectivity index (χ0) is 10.9. The van der Waals surface area contributed by atoms with Gasteiger partial charge in [-0.25, -0.2) is 0 Å². The molecule has 0 aromatic heterocycles. The summed E-state index contributed by atoms with van der Waals surface area (Å²) in [4.78, 5) is 0. The largest absolute Gasteiger partial charge is 0.397 e. The van der Waals surface area contributed by atoms with Gasteiger partial charge in [0.1, 0.15) is 0 Å². The van der Waals surface area contributed by atoms with Crippen molar-refractivity contribution >= 4 is 17.3 Å². The standard InChI is InChI=1S/C11H15ClN2O/c12-9-3-1-2-8(10(9)13)11(15)4-6-14-7-5-11/h1-3,14-15H,4-7,13H2. The number of piperidine rings is 1. The quantitative estimate of drug-likeness (QED) is 0.636. The Kier molecular flexibility index (Phi) is 2.87. The summed E-state index contributed by atoms with van der Waals surface area (Å²) >= 11 is 5.94. The Bertz CT molecular complexity index is 362. The van der Waals surface area contributed by atoms with Crippen LogP contribution >= 0.6 is 11.6 Å². The number of hydrogen-bond donors (Lipinski definition) is 3. The molecule has 1 aliphatic rings. The number of anilines is 1. The first kappa shape index (κ1) is 10.7. The molecule has 1 aromatic rings. The van der Waals surface area contributed by atoms with Gasteiger partial charge in [-0.1, -0.05) is 23.7 Å². The predicted molar refractivity (Wildman–Crippen MR) is 61.9 cm³/mol. The number of benzene rings is 1. The molecule has 0 aliphatic carbocycles. The van der Waals surface area contributed by atoms with Gasteiger partial charge in [0.2, 0.25) is 0 Å². The van der Waals surface area contributed by atoms with Crippen LogP contribution in [0.3, 0.4) is 0 Å². The second-order valence-electron chi connectivity index (χ2n) is 3.98. The van der Waals surface area contributed by atoms with Crippen LogP contribution in [0, 0.1) is 0 Å². The number of nitrogens with one attached hydrogen (secondary N) is 1. The summed E-state index contributed by atoms with van der Waals surface area (Å²) in [5.74, 6) is 0. The molecule has 4 heteroatoms. The second kappa shape index (κ2) is 4.00. The number of hydrogen-bond acceptors (Lipinski definition) is 3. The minimum absolute atomic E-state index is 0.503. The van der Waals surface area contributed by atoms with Crippen molar-refractivity contribution in [2.45, 2.75) is 18.4 Å². The van der Waals surface area contributed by atoms with Crippen molar-refractivity contribution in [2.75, 3.05) is 18.8 Å². The Balaban J connectivity index is 2.39. The summed E-state index contributed by atoms with van der Waals surface area (Å²) in [6, 6.07) is 5.42. The molecule has 2 rings (SSSR count). The van der Waals surface area contributed by atoms with E-state index in [1.165, 1.54) is 0 Å². The van der Waals surface area contributed by atoms with Gasteiger partial charge in [0.15, 0.2) is 0 Å². The highest BCUT2D eigenvalue weighted by molar-refractivity contribution is 6.33. The normalized spacial score (nSPS) is 20.1. The number of aliphatic hydroxyl groups is 1. The highest BCUT2D eigenvalue weighted by Crippen LogP contribution is 2.36. The lowest BCUT2D eigenvalue weighted by molar-refractivity contribution is 0.00666. The SMILES string of the molecule is Nc1c(Cl)cccc1C1(O)CCNCC1. The van der Waals surface area contributed by atoms with E-state index in [9.17, 15) is 5.11 Å². The van der Waals surface area contributed by atoms with Gasteiger partial charge < -0.3 is 16.2 Å². The molecule has 82 valence electrons. The number of para-hydroxylation sites is 1. The highest BCUT2D eigenvalue weighted by atomic mass is 35.5. The maximum Gasteiger partial charge on any atom is 0.0941 e. The van der Waals surface area contributed by atoms with E-state index in [2.05, 4.69) is 5.32 Å². The Labute approximate surface area is 94.2 Å². The smallest absolute Gasteiger partial charge is 0.0941 e. The molecule has 1 aliphatic heterocycles. The van der Waals surface area contributed by atoms with Crippen molar-refractivity contribution in [1.29, 1.82) is 0 Å². The summed E-state index contributed by atoms with van der Waals surface area (Å²) in [5.41, 5.74) is 6.33. The van der Waals surface area contributed by atoms with Crippen LogP contribution in [-0.2, 0) is 5.60 Å². The van der Waals surface area contributed by atoms with Gasteiger partial charge in [-0.2, -0.15) is 0 Å². The zero-order valence-corrected chi connectivity index (χ0v) is 9.22. The molecule has 0 spiro atoms. The van der Waals surface area contributed by atoms with Crippen molar-refractivity contribution < 1.29 is 5.11 Å². The minimum atomic E-state index is -0.819. The van der Waals surface area contributed by atoms with E-state index in [0.717, 1.165) is 18.7 Å². The molecular weight excluding hydrogens is 212 g/mol. The van der Waals surface area contributed by atoms with Crippen molar-refractivity contribution in [3.05, 3.63) is 28.8 Å². The van der Waals surface area contributed by atoms with Crippen molar-refractivity contribution in [1.82, 2.24) is 5.32 Å². The first-order chi connectivity index (χ1) is 7.13. The lowest BCUT2D eigenvalue weighted by Crippen LogP contribution is -2.40. The Morgan fingerprint density at radius 2 is 2.00 bits per heavy atom. The minimum Gasteiger partial charge on any atom is -0.397 e. The van der Waals surface area contributed by atoms with E-state index in [4.69, 9.17) is 17.3 Å². The van der Waals surface area contributed by atoms with Crippen molar-refractivity contribution in [2.24, 2.45) is 0 Å². The molecule has 0 radical (unpaired) electrons. The topological polar surface area (TPSA) is 58.3 Å². The first-order valence-corrected chi connectivity index (χ1v) is 5.49. The molecule has 0 unspecified atom stereocenters. The molecule has 1 heterocycles. The van der Waals surface area contributed by atoms with E-state index < -0.39 is 5.60 Å². The fraction of sp³-hybridized carbons (Fsp3) is 0.455. The highest BCUT2D eigenvalue weighted by Gasteiger charge is 2.33. The monoisotopic (exact) mass is 226 g/mol. The van der Waals surface area contributed by atoms with Gasteiger partial charge in [0.25, 0.3) is 0 Å². The first-order valence-electron chi connectivity index (χ1n) is 5.11. The van der Waals surface area contributed by atoms with Crippen LogP contribution in [0.2, 0.25) is 5.02 Å². The van der Waals surface area contributed by atoms with Crippen LogP contribution in [0.5, 0.6) is 0 Å². The van der Waals surface area contributed by atoms with E-state index in [-0.39, 0.29) is 0 Å². The third-order valence-corrected chi connectivity index (χ3v) is 3.31. The maximum absolute atomic E-state index is 10.5. The third kappa shape index (κ3) is 1.95. The van der Waals surface area contributed by atoms with Gasteiger partial charge in [0.05, 0.1) is 16.3 Å². The Morgan fingerprint density at radius 3 is 2.67 bits per heavy atom. The molecule has 0 amide bonds. The lowest BCUT2D eigenvalue weighted by Gasteiger charge is -2.34. The fourth-order valence-electron chi connectivity index (χ4n) is 2.05. The second-order valence-corrected chi connectivity index (χ2v) is 4.39. The molecule has 0 bridgehead atoms. The molecule has 4 N–H and O–H groups in total. The zero-order valence-electron chi connectivity index (χ0n) is 8.46.